The zero-order valence-corrected chi connectivity index (χ0v) is 16.3. The molecular weight excluding hydrogens is 383 g/mol. The molecule has 1 aliphatic rings. The average Bonchev–Trinajstić information content (AvgIpc) is 3.31. The highest BCUT2D eigenvalue weighted by Crippen LogP contribution is 2.36. The maximum absolute atomic E-state index is 13.2. The van der Waals surface area contributed by atoms with Crippen LogP contribution in [0.3, 0.4) is 0 Å². The molecule has 4 amide bonds. The minimum absolute atomic E-state index is 0.196. The van der Waals surface area contributed by atoms with Gasteiger partial charge in [-0.2, -0.15) is 0 Å². The van der Waals surface area contributed by atoms with Crippen LogP contribution in [0.4, 0.5) is 9.18 Å². The van der Waals surface area contributed by atoms with E-state index in [0.29, 0.717) is 5.01 Å². The molecule has 9 nitrogen and oxygen atoms in total. The van der Waals surface area contributed by atoms with Crippen LogP contribution in [0.5, 0.6) is 0 Å². The van der Waals surface area contributed by atoms with Gasteiger partial charge in [-0.05, 0) is 33.1 Å². The van der Waals surface area contributed by atoms with Crippen molar-refractivity contribution in [3.63, 3.8) is 0 Å². The number of hydrogen-bond acceptors (Lipinski definition) is 4. The molecule has 0 bridgehead atoms. The zero-order chi connectivity index (χ0) is 20.9. The Bertz CT molecular complexity index is 592. The molecule has 0 saturated heterocycles. The molecule has 11 heteroatoms. The number of carboxylic acid groups (broad SMARTS) is 1. The van der Waals surface area contributed by atoms with Gasteiger partial charge >= 0.3 is 6.09 Å². The summed E-state index contributed by atoms with van der Waals surface area (Å²) in [4.78, 5) is 48.4. The predicted octanol–water partition coefficient (Wildman–Crippen LogP) is 1.20. The molecule has 0 heterocycles. The lowest BCUT2D eigenvalue weighted by molar-refractivity contribution is -0.146. The fourth-order valence-electron chi connectivity index (χ4n) is 2.66. The first-order valence-corrected chi connectivity index (χ1v) is 8.98. The van der Waals surface area contributed by atoms with Crippen LogP contribution in [0.25, 0.3) is 0 Å². The third-order valence-corrected chi connectivity index (χ3v) is 4.26. The number of hydrogen-bond donors (Lipinski definition) is 3. The highest BCUT2D eigenvalue weighted by atomic mass is 35.5. The van der Waals surface area contributed by atoms with Crippen molar-refractivity contribution in [1.82, 2.24) is 15.3 Å². The van der Waals surface area contributed by atoms with Crippen molar-refractivity contribution in [2.24, 2.45) is 11.7 Å². The first-order chi connectivity index (χ1) is 12.3. The number of hydrazine groups is 1. The monoisotopic (exact) mass is 408 g/mol. The van der Waals surface area contributed by atoms with Gasteiger partial charge in [0, 0.05) is 12.0 Å². The molecule has 1 aliphatic carbocycles. The summed E-state index contributed by atoms with van der Waals surface area (Å²) in [5.74, 6) is -2.63. The van der Waals surface area contributed by atoms with E-state index >= 15 is 0 Å². The van der Waals surface area contributed by atoms with Gasteiger partial charge < -0.3 is 10.8 Å². The van der Waals surface area contributed by atoms with E-state index in [2.05, 4.69) is 5.43 Å². The van der Waals surface area contributed by atoms with Gasteiger partial charge in [-0.1, -0.05) is 24.4 Å². The molecule has 1 saturated carbocycles. The Balaban J connectivity index is 3.04. The minimum atomic E-state index is -2.43. The number of nitrogens with zero attached hydrogens (tertiary/aromatic N) is 2. The van der Waals surface area contributed by atoms with Crippen LogP contribution in [-0.2, 0) is 14.4 Å². The number of amides is 4. The van der Waals surface area contributed by atoms with E-state index in [1.165, 1.54) is 0 Å². The number of primary amides is 1. The number of rotatable bonds is 8. The van der Waals surface area contributed by atoms with Crippen molar-refractivity contribution in [2.75, 3.05) is 6.54 Å². The molecular formula is C16H26ClFN4O5. The molecule has 154 valence electrons. The Morgan fingerprint density at radius 1 is 1.30 bits per heavy atom. The van der Waals surface area contributed by atoms with Crippen LogP contribution in [0, 0.1) is 5.92 Å². The Morgan fingerprint density at radius 3 is 2.22 bits per heavy atom. The van der Waals surface area contributed by atoms with Crippen LogP contribution in [-0.4, -0.2) is 62.6 Å². The van der Waals surface area contributed by atoms with Crippen molar-refractivity contribution in [1.29, 1.82) is 0 Å². The third-order valence-electron chi connectivity index (χ3n) is 4.08. The highest BCUT2D eigenvalue weighted by molar-refractivity contribution is 6.29. The SMILES string of the molecule is CC(C)(C)N(C(=O)O)C(CC1CC1)C(=O)NN(CCC(N)=O)C(=O)C(F)Cl. The summed E-state index contributed by atoms with van der Waals surface area (Å²) in [6, 6.07) is -1.09. The maximum Gasteiger partial charge on any atom is 0.408 e. The predicted molar refractivity (Wildman–Crippen MR) is 95.2 cm³/mol. The summed E-state index contributed by atoms with van der Waals surface area (Å²) >= 11 is 5.15. The summed E-state index contributed by atoms with van der Waals surface area (Å²) in [5.41, 5.74) is 3.91. The highest BCUT2D eigenvalue weighted by Gasteiger charge is 2.41. The minimum Gasteiger partial charge on any atom is -0.465 e. The van der Waals surface area contributed by atoms with Crippen LogP contribution in [0.2, 0.25) is 0 Å². The second-order valence-corrected chi connectivity index (χ2v) is 7.88. The molecule has 0 aromatic carbocycles. The standard InChI is InChI=1S/C16H26ClFN4O5/c1-16(2,3)22(15(26)27)10(8-9-4-5-9)13(24)20-21(7-6-11(19)23)14(25)12(17)18/h9-10,12H,4-8H2,1-3H3,(H2,19,23)(H,20,24)(H,26,27). The first-order valence-electron chi connectivity index (χ1n) is 8.55. The number of halogens is 2. The smallest absolute Gasteiger partial charge is 0.408 e. The van der Waals surface area contributed by atoms with Crippen molar-refractivity contribution in [3.8, 4) is 0 Å². The van der Waals surface area contributed by atoms with Gasteiger partial charge in [0.15, 0.2) is 0 Å². The van der Waals surface area contributed by atoms with E-state index in [1.807, 2.05) is 0 Å². The second kappa shape index (κ2) is 9.20. The number of alkyl halides is 2. The third kappa shape index (κ3) is 7.20. The van der Waals surface area contributed by atoms with E-state index in [1.54, 1.807) is 20.8 Å². The van der Waals surface area contributed by atoms with Gasteiger partial charge in [-0.25, -0.2) is 14.2 Å². The Kier molecular flexibility index (Phi) is 7.82. The van der Waals surface area contributed by atoms with Gasteiger partial charge in [-0.15, -0.1) is 0 Å². The molecule has 2 atom stereocenters. The largest absolute Gasteiger partial charge is 0.465 e. The van der Waals surface area contributed by atoms with Gasteiger partial charge in [0.25, 0.3) is 17.4 Å². The summed E-state index contributed by atoms with van der Waals surface area (Å²) in [6.45, 7) is 4.54. The molecule has 4 N–H and O–H groups in total. The summed E-state index contributed by atoms with van der Waals surface area (Å²) in [6.07, 6.45) is 0.400. The van der Waals surface area contributed by atoms with Gasteiger partial charge in [0.05, 0.1) is 6.54 Å². The molecule has 1 fully saturated rings. The average molecular weight is 409 g/mol. The number of nitrogens with two attached hydrogens (primary N) is 1. The normalized spacial score (nSPS) is 16.2. The molecule has 2 unspecified atom stereocenters. The zero-order valence-electron chi connectivity index (χ0n) is 15.6. The van der Waals surface area contributed by atoms with Crippen molar-refractivity contribution < 1.29 is 28.7 Å². The molecule has 0 aliphatic heterocycles. The van der Waals surface area contributed by atoms with E-state index in [-0.39, 0.29) is 25.3 Å². The van der Waals surface area contributed by atoms with Gasteiger partial charge in [0.1, 0.15) is 6.04 Å². The van der Waals surface area contributed by atoms with Gasteiger partial charge in [-0.3, -0.25) is 24.7 Å². The van der Waals surface area contributed by atoms with Crippen LogP contribution < -0.4 is 11.2 Å². The number of carbonyl (C=O) groups excluding carboxylic acids is 3. The van der Waals surface area contributed by atoms with Gasteiger partial charge in [0.2, 0.25) is 5.91 Å². The van der Waals surface area contributed by atoms with E-state index in [0.717, 1.165) is 17.7 Å². The molecule has 0 spiro atoms. The lowest BCUT2D eigenvalue weighted by Crippen LogP contribution is -2.60. The summed E-state index contributed by atoms with van der Waals surface area (Å²) in [5, 5.41) is 10.2. The van der Waals surface area contributed by atoms with Crippen LogP contribution in [0.15, 0.2) is 0 Å². The summed E-state index contributed by atoms with van der Waals surface area (Å²) < 4.78 is 13.2. The van der Waals surface area contributed by atoms with Crippen LogP contribution in [0.1, 0.15) is 46.5 Å². The molecule has 0 aromatic heterocycles. The van der Waals surface area contributed by atoms with E-state index < -0.39 is 41.0 Å². The Labute approximate surface area is 161 Å². The fourth-order valence-corrected chi connectivity index (χ4v) is 2.77. The Hall–Kier alpha value is -2.10. The molecule has 1 rings (SSSR count). The Morgan fingerprint density at radius 2 is 1.85 bits per heavy atom. The lowest BCUT2D eigenvalue weighted by Gasteiger charge is -2.39. The quantitative estimate of drug-likeness (QED) is 0.410. The molecule has 0 aromatic rings. The molecule has 0 radical (unpaired) electrons. The van der Waals surface area contributed by atoms with Crippen molar-refractivity contribution in [3.05, 3.63) is 0 Å². The van der Waals surface area contributed by atoms with Crippen molar-refractivity contribution in [2.45, 2.75) is 63.7 Å². The molecule has 27 heavy (non-hydrogen) atoms. The number of nitrogens with one attached hydrogen (secondary N) is 1. The van der Waals surface area contributed by atoms with E-state index in [9.17, 15) is 28.7 Å². The van der Waals surface area contributed by atoms with Crippen molar-refractivity contribution >= 4 is 35.4 Å². The first kappa shape index (κ1) is 22.9. The van der Waals surface area contributed by atoms with Crippen LogP contribution >= 0.6 is 11.6 Å². The topological polar surface area (TPSA) is 133 Å². The number of carbonyl (C=O) groups is 4. The maximum atomic E-state index is 13.2. The summed E-state index contributed by atoms with van der Waals surface area (Å²) in [7, 11) is 0. The lowest BCUT2D eigenvalue weighted by atomic mass is 9.99. The fraction of sp³-hybridized carbons (Fsp3) is 0.750. The van der Waals surface area contributed by atoms with E-state index in [4.69, 9.17) is 17.3 Å². The second-order valence-electron chi connectivity index (χ2n) is 7.50.